The van der Waals surface area contributed by atoms with E-state index in [4.69, 9.17) is 9.72 Å². The van der Waals surface area contributed by atoms with Gasteiger partial charge >= 0.3 is 0 Å². The van der Waals surface area contributed by atoms with Gasteiger partial charge in [0.25, 0.3) is 0 Å². The second-order valence-electron chi connectivity index (χ2n) is 10.5. The summed E-state index contributed by atoms with van der Waals surface area (Å²) in [5.41, 5.74) is 3.79. The highest BCUT2D eigenvalue weighted by molar-refractivity contribution is 7.89. The molecule has 4 N–H and O–H groups in total. The van der Waals surface area contributed by atoms with Crippen molar-refractivity contribution in [1.82, 2.24) is 20.0 Å². The van der Waals surface area contributed by atoms with Gasteiger partial charge in [-0.05, 0) is 66.3 Å². The predicted molar refractivity (Wildman–Crippen MR) is 161 cm³/mol. The molecule has 1 saturated carbocycles. The Bertz CT molecular complexity index is 1720. The maximum Gasteiger partial charge on any atom is 0.240 e. The zero-order valence-electron chi connectivity index (χ0n) is 23.2. The lowest BCUT2D eigenvalue weighted by molar-refractivity contribution is -0.123. The van der Waals surface area contributed by atoms with E-state index < -0.39 is 15.4 Å². The van der Waals surface area contributed by atoms with Gasteiger partial charge in [-0.25, -0.2) is 18.1 Å². The number of hydrogen-bond acceptors (Lipinski definition) is 8. The quantitative estimate of drug-likeness (QED) is 0.263. The highest BCUT2D eigenvalue weighted by atomic mass is 32.2. The van der Waals surface area contributed by atoms with E-state index in [-0.39, 0.29) is 10.8 Å². The summed E-state index contributed by atoms with van der Waals surface area (Å²) in [6.07, 6.45) is 3.96. The molecular formula is C31H32N6O4S. The summed E-state index contributed by atoms with van der Waals surface area (Å²) in [6.45, 7) is 1.23. The van der Waals surface area contributed by atoms with Crippen molar-refractivity contribution in [3.05, 3.63) is 90.1 Å². The first-order valence-corrected chi connectivity index (χ1v) is 15.3. The van der Waals surface area contributed by atoms with Crippen LogP contribution in [0.1, 0.15) is 30.4 Å². The van der Waals surface area contributed by atoms with Gasteiger partial charge in [-0.2, -0.15) is 4.98 Å². The molecule has 0 saturated heterocycles. The number of anilines is 3. The third kappa shape index (κ3) is 5.79. The number of benzene rings is 3. The van der Waals surface area contributed by atoms with Gasteiger partial charge in [0, 0.05) is 37.1 Å². The molecular weight excluding hydrogens is 552 g/mol. The molecule has 1 aliphatic carbocycles. The number of aromatic nitrogens is 2. The van der Waals surface area contributed by atoms with Crippen LogP contribution >= 0.6 is 0 Å². The third-order valence-electron chi connectivity index (χ3n) is 7.65. The fourth-order valence-electron chi connectivity index (χ4n) is 5.09. The first-order valence-electron chi connectivity index (χ1n) is 13.9. The lowest BCUT2D eigenvalue weighted by Gasteiger charge is -2.17. The summed E-state index contributed by atoms with van der Waals surface area (Å²) in [7, 11) is -1.98. The minimum absolute atomic E-state index is 0.0274. The predicted octanol–water partition coefficient (Wildman–Crippen LogP) is 4.34. The molecule has 10 nitrogen and oxygen atoms in total. The van der Waals surface area contributed by atoms with Crippen LogP contribution in [0.15, 0.2) is 83.9 Å². The summed E-state index contributed by atoms with van der Waals surface area (Å²) in [6, 6.07) is 22.2. The molecule has 0 unspecified atom stereocenters. The van der Waals surface area contributed by atoms with Crippen LogP contribution in [0, 0.1) is 0 Å². The number of hydrogen-bond donors (Lipinski definition) is 4. The minimum Gasteiger partial charge on any atom is -0.497 e. The Labute approximate surface area is 245 Å². The first-order chi connectivity index (χ1) is 20.4. The van der Waals surface area contributed by atoms with E-state index in [1.54, 1.807) is 37.6 Å². The van der Waals surface area contributed by atoms with Crippen molar-refractivity contribution in [2.24, 2.45) is 0 Å². The highest BCUT2D eigenvalue weighted by Gasteiger charge is 2.51. The Balaban J connectivity index is 1.17. The zero-order valence-corrected chi connectivity index (χ0v) is 24.0. The van der Waals surface area contributed by atoms with Gasteiger partial charge in [-0.1, -0.05) is 42.5 Å². The van der Waals surface area contributed by atoms with Crippen molar-refractivity contribution in [3.8, 4) is 16.9 Å². The number of carbonyl (C=O) groups is 1. The summed E-state index contributed by atoms with van der Waals surface area (Å²) >= 11 is 0. The molecule has 1 amide bonds. The van der Waals surface area contributed by atoms with E-state index in [0.29, 0.717) is 43.5 Å². The molecule has 1 aromatic heterocycles. The van der Waals surface area contributed by atoms with Crippen LogP contribution in [0.25, 0.3) is 11.1 Å². The van der Waals surface area contributed by atoms with Crippen molar-refractivity contribution in [2.45, 2.75) is 36.1 Å². The van der Waals surface area contributed by atoms with E-state index in [9.17, 15) is 13.2 Å². The van der Waals surface area contributed by atoms with Crippen LogP contribution in [-0.2, 0) is 26.8 Å². The van der Waals surface area contributed by atoms with Crippen molar-refractivity contribution < 1.29 is 17.9 Å². The van der Waals surface area contributed by atoms with Crippen LogP contribution < -0.4 is 25.4 Å². The fraction of sp³-hybridized carbons (Fsp3) is 0.258. The van der Waals surface area contributed by atoms with Gasteiger partial charge in [0.2, 0.25) is 21.9 Å². The van der Waals surface area contributed by atoms with E-state index in [1.807, 2.05) is 48.5 Å². The van der Waals surface area contributed by atoms with Gasteiger partial charge in [0.15, 0.2) is 0 Å². The number of methoxy groups -OCH3 is 1. The molecule has 3 aromatic carbocycles. The number of nitrogens with zero attached hydrogens (tertiary/aromatic N) is 2. The summed E-state index contributed by atoms with van der Waals surface area (Å²) < 4.78 is 33.2. The Hall–Kier alpha value is -4.48. The van der Waals surface area contributed by atoms with Gasteiger partial charge in [-0.15, -0.1) is 0 Å². The first kappa shape index (κ1) is 27.7. The Kier molecular flexibility index (Phi) is 7.53. The van der Waals surface area contributed by atoms with E-state index in [1.165, 1.54) is 0 Å². The number of sulfonamides is 1. The number of amides is 1. The van der Waals surface area contributed by atoms with Gasteiger partial charge in [0.1, 0.15) is 11.6 Å². The van der Waals surface area contributed by atoms with Gasteiger partial charge in [0.05, 0.1) is 17.4 Å². The maximum atomic E-state index is 13.2. The lowest BCUT2D eigenvalue weighted by atomic mass is 9.94. The summed E-state index contributed by atoms with van der Waals surface area (Å²) in [4.78, 5) is 22.5. The normalized spacial score (nSPS) is 16.8. The second-order valence-corrected chi connectivity index (χ2v) is 12.2. The number of rotatable bonds is 6. The highest BCUT2D eigenvalue weighted by Crippen LogP contribution is 2.49. The molecule has 0 radical (unpaired) electrons. The topological polar surface area (TPSA) is 134 Å². The van der Waals surface area contributed by atoms with Crippen LogP contribution in [0.4, 0.5) is 17.5 Å². The van der Waals surface area contributed by atoms with Crippen LogP contribution in [0.3, 0.4) is 0 Å². The van der Waals surface area contributed by atoms with Crippen LogP contribution in [-0.4, -0.2) is 44.5 Å². The Morgan fingerprint density at radius 1 is 1.02 bits per heavy atom. The third-order valence-corrected chi connectivity index (χ3v) is 9.11. The number of nitrogens with one attached hydrogen (secondary N) is 4. The Morgan fingerprint density at radius 3 is 2.62 bits per heavy atom. The molecule has 2 heterocycles. The molecule has 4 aromatic rings. The minimum atomic E-state index is -3.61. The van der Waals surface area contributed by atoms with Gasteiger partial charge in [-0.3, -0.25) is 4.79 Å². The average molecular weight is 585 g/mol. The molecule has 6 rings (SSSR count). The van der Waals surface area contributed by atoms with Crippen molar-refractivity contribution in [3.63, 3.8) is 0 Å². The largest absolute Gasteiger partial charge is 0.497 e. The fourth-order valence-corrected chi connectivity index (χ4v) is 6.21. The summed E-state index contributed by atoms with van der Waals surface area (Å²) in [5, 5.41) is 9.56. The second kappa shape index (κ2) is 11.4. The molecule has 216 valence electrons. The maximum absolute atomic E-state index is 13.2. The molecule has 11 heteroatoms. The number of carbonyl (C=O) groups excluding carboxylic acids is 1. The van der Waals surface area contributed by atoms with Crippen molar-refractivity contribution >= 4 is 33.4 Å². The number of fused-ring (bicyclic) bond motifs is 4. The molecule has 1 fully saturated rings. The van der Waals surface area contributed by atoms with Crippen LogP contribution in [0.2, 0.25) is 0 Å². The SMILES string of the molecule is COc1cccc(C2(C(=O)NCc3ccc(-c4cnc5nc4NCCCNS(=O)(=O)c4cccc(c4)N5)cc3)CC2)c1. The van der Waals surface area contributed by atoms with E-state index >= 15 is 0 Å². The monoisotopic (exact) mass is 584 g/mol. The molecule has 1 aliphatic heterocycles. The standard InChI is InChI=1S/C31H32N6O4S/c1-41-25-7-2-5-23(17-25)31(13-14-31)29(38)33-19-21-9-11-22(12-10-21)27-20-34-30-36-24-6-3-8-26(18-24)42(39,40)35-16-4-15-32-28(27)37-30/h2-3,5-12,17-18,20,35H,4,13-16,19H2,1H3,(H,33,38)(H2,32,34,36,37). The molecule has 42 heavy (non-hydrogen) atoms. The van der Waals surface area contributed by atoms with Gasteiger partial charge < -0.3 is 20.7 Å². The van der Waals surface area contributed by atoms with Crippen molar-refractivity contribution in [2.75, 3.05) is 30.8 Å². The number of ether oxygens (including phenoxy) is 1. The van der Waals surface area contributed by atoms with Crippen LogP contribution in [0.5, 0.6) is 5.75 Å². The van der Waals surface area contributed by atoms with E-state index in [2.05, 4.69) is 25.7 Å². The Morgan fingerprint density at radius 2 is 1.83 bits per heavy atom. The molecule has 0 spiro atoms. The smallest absolute Gasteiger partial charge is 0.240 e. The van der Waals surface area contributed by atoms with Crippen molar-refractivity contribution in [1.29, 1.82) is 0 Å². The molecule has 2 aliphatic rings. The molecule has 4 bridgehead atoms. The zero-order chi connectivity index (χ0) is 29.2. The van der Waals surface area contributed by atoms with E-state index in [0.717, 1.165) is 40.8 Å². The summed E-state index contributed by atoms with van der Waals surface area (Å²) in [5.74, 6) is 1.77. The lowest BCUT2D eigenvalue weighted by Crippen LogP contribution is -2.34. The molecule has 0 atom stereocenters. The average Bonchev–Trinajstić information content (AvgIpc) is 3.82.